The van der Waals surface area contributed by atoms with E-state index in [9.17, 15) is 13.2 Å². The molecule has 1 atom stereocenters. The van der Waals surface area contributed by atoms with E-state index in [0.29, 0.717) is 36.4 Å². The van der Waals surface area contributed by atoms with Gasteiger partial charge in [0.2, 0.25) is 21.9 Å². The number of ether oxygens (including phenoxy) is 1. The molecule has 3 aromatic rings. The van der Waals surface area contributed by atoms with Crippen LogP contribution in [0.4, 0.5) is 11.6 Å². The maximum atomic E-state index is 13.0. The van der Waals surface area contributed by atoms with Crippen LogP contribution in [0.15, 0.2) is 55.0 Å². The molecule has 1 fully saturated rings. The SMILES string of the molecule is CCC(C(=O)Nc1ccc(-c2cncc(OC(C)C)c2)cc1)c1ccnc(NS(=O)(=O)C2CC2)n1. The van der Waals surface area contributed by atoms with Crippen molar-refractivity contribution in [2.75, 3.05) is 10.0 Å². The van der Waals surface area contributed by atoms with Crippen molar-refractivity contribution in [2.24, 2.45) is 0 Å². The number of nitrogens with one attached hydrogen (secondary N) is 2. The molecule has 35 heavy (non-hydrogen) atoms. The summed E-state index contributed by atoms with van der Waals surface area (Å²) in [6.07, 6.45) is 6.73. The van der Waals surface area contributed by atoms with Crippen molar-refractivity contribution in [1.29, 1.82) is 0 Å². The molecule has 0 aliphatic heterocycles. The largest absolute Gasteiger partial charge is 0.489 e. The van der Waals surface area contributed by atoms with Crippen LogP contribution in [-0.2, 0) is 14.8 Å². The molecule has 1 aliphatic rings. The zero-order valence-corrected chi connectivity index (χ0v) is 20.7. The second-order valence-electron chi connectivity index (χ2n) is 8.75. The molecule has 10 heteroatoms. The molecule has 2 heterocycles. The van der Waals surface area contributed by atoms with Crippen LogP contribution in [0, 0.1) is 0 Å². The van der Waals surface area contributed by atoms with Gasteiger partial charge in [-0.1, -0.05) is 19.1 Å². The van der Waals surface area contributed by atoms with Gasteiger partial charge in [0.25, 0.3) is 0 Å². The highest BCUT2D eigenvalue weighted by molar-refractivity contribution is 7.93. The van der Waals surface area contributed by atoms with Gasteiger partial charge in [-0.05, 0) is 62.9 Å². The molecule has 0 bridgehead atoms. The third-order valence-corrected chi connectivity index (χ3v) is 7.34. The number of benzene rings is 1. The highest BCUT2D eigenvalue weighted by atomic mass is 32.2. The average Bonchev–Trinajstić information content (AvgIpc) is 3.66. The Morgan fingerprint density at radius 1 is 1.11 bits per heavy atom. The monoisotopic (exact) mass is 495 g/mol. The molecular weight excluding hydrogens is 466 g/mol. The molecule has 1 aliphatic carbocycles. The summed E-state index contributed by atoms with van der Waals surface area (Å²) in [5, 5.41) is 2.54. The van der Waals surface area contributed by atoms with E-state index >= 15 is 0 Å². The molecule has 9 nitrogen and oxygen atoms in total. The van der Waals surface area contributed by atoms with Gasteiger partial charge in [-0.25, -0.2) is 18.4 Å². The molecule has 0 radical (unpaired) electrons. The predicted octanol–water partition coefficient (Wildman–Crippen LogP) is 4.36. The van der Waals surface area contributed by atoms with Crippen molar-refractivity contribution in [3.05, 3.63) is 60.7 Å². The van der Waals surface area contributed by atoms with Gasteiger partial charge >= 0.3 is 0 Å². The topological polar surface area (TPSA) is 123 Å². The fraction of sp³-hybridized carbons (Fsp3) is 0.360. The summed E-state index contributed by atoms with van der Waals surface area (Å²) in [6.45, 7) is 5.80. The number of anilines is 2. The number of sulfonamides is 1. The van der Waals surface area contributed by atoms with Crippen molar-refractivity contribution in [3.8, 4) is 16.9 Å². The summed E-state index contributed by atoms with van der Waals surface area (Å²) in [5.41, 5.74) is 2.95. The van der Waals surface area contributed by atoms with Crippen LogP contribution in [0.1, 0.15) is 51.6 Å². The Labute approximate surface area is 205 Å². The lowest BCUT2D eigenvalue weighted by Gasteiger charge is -2.16. The lowest BCUT2D eigenvalue weighted by Crippen LogP contribution is -2.23. The Bertz CT molecular complexity index is 1290. The van der Waals surface area contributed by atoms with E-state index in [1.54, 1.807) is 18.5 Å². The zero-order valence-electron chi connectivity index (χ0n) is 19.9. The molecule has 0 spiro atoms. The summed E-state index contributed by atoms with van der Waals surface area (Å²) >= 11 is 0. The summed E-state index contributed by atoms with van der Waals surface area (Å²) in [7, 11) is -3.48. The molecule has 1 aromatic carbocycles. The van der Waals surface area contributed by atoms with Crippen molar-refractivity contribution in [1.82, 2.24) is 15.0 Å². The first-order valence-electron chi connectivity index (χ1n) is 11.6. The molecule has 0 saturated heterocycles. The number of carbonyl (C=O) groups excluding carboxylic acids is 1. The first-order valence-corrected chi connectivity index (χ1v) is 13.2. The molecular formula is C25H29N5O4S. The first-order chi connectivity index (χ1) is 16.7. The Balaban J connectivity index is 1.44. The second-order valence-corrected chi connectivity index (χ2v) is 10.7. The van der Waals surface area contributed by atoms with E-state index in [2.05, 4.69) is 25.0 Å². The van der Waals surface area contributed by atoms with Gasteiger partial charge in [-0.2, -0.15) is 0 Å². The lowest BCUT2D eigenvalue weighted by atomic mass is 10.0. The van der Waals surface area contributed by atoms with E-state index in [1.165, 1.54) is 6.20 Å². The quantitative estimate of drug-likeness (QED) is 0.428. The molecule has 2 aromatic heterocycles. The number of aromatic nitrogens is 3. The minimum atomic E-state index is -3.48. The van der Waals surface area contributed by atoms with E-state index in [4.69, 9.17) is 4.74 Å². The summed E-state index contributed by atoms with van der Waals surface area (Å²) in [6, 6.07) is 11.0. The number of nitrogens with zero attached hydrogens (tertiary/aromatic N) is 3. The van der Waals surface area contributed by atoms with Crippen molar-refractivity contribution in [3.63, 3.8) is 0 Å². The molecule has 4 rings (SSSR count). The van der Waals surface area contributed by atoms with Crippen molar-refractivity contribution >= 4 is 27.6 Å². The zero-order chi connectivity index (χ0) is 25.0. The average molecular weight is 496 g/mol. The van der Waals surface area contributed by atoms with Crippen LogP contribution in [-0.4, -0.2) is 40.6 Å². The van der Waals surface area contributed by atoms with Crippen LogP contribution in [0.2, 0.25) is 0 Å². The van der Waals surface area contributed by atoms with Gasteiger partial charge in [0.1, 0.15) is 5.75 Å². The van der Waals surface area contributed by atoms with Crippen LogP contribution in [0.3, 0.4) is 0 Å². The summed E-state index contributed by atoms with van der Waals surface area (Å²) in [5.74, 6) is -0.105. The van der Waals surface area contributed by atoms with E-state index in [-0.39, 0.29) is 23.2 Å². The summed E-state index contributed by atoms with van der Waals surface area (Å²) in [4.78, 5) is 25.6. The Morgan fingerprint density at radius 3 is 2.51 bits per heavy atom. The highest BCUT2D eigenvalue weighted by Gasteiger charge is 2.36. The minimum Gasteiger partial charge on any atom is -0.489 e. The number of carbonyl (C=O) groups is 1. The number of hydrogen-bond acceptors (Lipinski definition) is 7. The predicted molar refractivity (Wildman–Crippen MR) is 135 cm³/mol. The fourth-order valence-corrected chi connectivity index (χ4v) is 4.90. The smallest absolute Gasteiger partial charge is 0.237 e. The number of rotatable bonds is 10. The number of hydrogen-bond donors (Lipinski definition) is 2. The number of amides is 1. The normalized spacial score (nSPS) is 14.4. The van der Waals surface area contributed by atoms with Crippen molar-refractivity contribution < 1.29 is 17.9 Å². The molecule has 1 unspecified atom stereocenters. The van der Waals surface area contributed by atoms with Crippen LogP contribution in [0.5, 0.6) is 5.75 Å². The van der Waals surface area contributed by atoms with Gasteiger partial charge in [0.05, 0.1) is 29.2 Å². The molecule has 1 saturated carbocycles. The first kappa shape index (κ1) is 24.6. The number of pyridine rings is 1. The third kappa shape index (κ3) is 6.33. The van der Waals surface area contributed by atoms with E-state index in [1.807, 2.05) is 51.1 Å². The maximum Gasteiger partial charge on any atom is 0.237 e. The van der Waals surface area contributed by atoms with Gasteiger partial charge in [-0.3, -0.25) is 14.5 Å². The molecule has 1 amide bonds. The third-order valence-electron chi connectivity index (χ3n) is 5.53. The van der Waals surface area contributed by atoms with Gasteiger partial charge in [0.15, 0.2) is 0 Å². The van der Waals surface area contributed by atoms with Gasteiger partial charge in [-0.15, -0.1) is 0 Å². The Morgan fingerprint density at radius 2 is 1.86 bits per heavy atom. The fourth-order valence-electron chi connectivity index (χ4n) is 3.62. The van der Waals surface area contributed by atoms with Gasteiger partial charge in [0, 0.05) is 23.6 Å². The Kier molecular flexibility index (Phi) is 7.30. The highest BCUT2D eigenvalue weighted by Crippen LogP contribution is 2.30. The Hall–Kier alpha value is -3.53. The maximum absolute atomic E-state index is 13.0. The van der Waals surface area contributed by atoms with Crippen LogP contribution < -0.4 is 14.8 Å². The van der Waals surface area contributed by atoms with Crippen LogP contribution in [0.25, 0.3) is 11.1 Å². The standard InChI is InChI=1S/C25H29N5O4S/c1-4-22(23-11-12-27-25(29-23)30-35(32,33)21-9-10-21)24(31)28-19-7-5-17(6-8-19)18-13-20(15-26-14-18)34-16(2)3/h5-8,11-16,21-22H,4,9-10H2,1-3H3,(H,28,31)(H,27,29,30). The van der Waals surface area contributed by atoms with Crippen LogP contribution >= 0.6 is 0 Å². The van der Waals surface area contributed by atoms with E-state index in [0.717, 1.165) is 11.1 Å². The molecule has 2 N–H and O–H groups in total. The summed E-state index contributed by atoms with van der Waals surface area (Å²) < 4.78 is 32.5. The van der Waals surface area contributed by atoms with E-state index < -0.39 is 15.9 Å². The van der Waals surface area contributed by atoms with Crippen molar-refractivity contribution in [2.45, 2.75) is 57.3 Å². The molecule has 184 valence electrons. The minimum absolute atomic E-state index is 0.0118. The second kappa shape index (κ2) is 10.4. The van der Waals surface area contributed by atoms with Gasteiger partial charge < -0.3 is 10.1 Å². The lowest BCUT2D eigenvalue weighted by molar-refractivity contribution is -0.117.